The van der Waals surface area contributed by atoms with Crippen molar-refractivity contribution in [3.8, 4) is 0 Å². The third-order valence-electron chi connectivity index (χ3n) is 5.25. The first-order valence-electron chi connectivity index (χ1n) is 8.46. The van der Waals surface area contributed by atoms with E-state index in [9.17, 15) is 9.90 Å². The predicted molar refractivity (Wildman–Crippen MR) is 89.0 cm³/mol. The molecule has 1 aliphatic rings. The molecule has 0 spiro atoms. The molecule has 1 aromatic carbocycles. The molecular weight excluding hydrogens is 286 g/mol. The standard InChI is InChI=1S/C20H23NO2/c22-19(23)20(17-9-3-1-4-10-17)13-6-5-11-18(20)12-16-21-14-7-2-8-15-21/h1-4,7-10,14-15,18H,5-6,11-13,16H2/p+1. The lowest BCUT2D eigenvalue weighted by Crippen LogP contribution is -2.47. The average molecular weight is 310 g/mol. The van der Waals surface area contributed by atoms with Gasteiger partial charge in [-0.3, -0.25) is 4.79 Å². The molecular formula is C20H24NO2+. The van der Waals surface area contributed by atoms with Crippen LogP contribution >= 0.6 is 0 Å². The topological polar surface area (TPSA) is 41.2 Å². The molecule has 3 rings (SSSR count). The molecule has 3 nitrogen and oxygen atoms in total. The highest BCUT2D eigenvalue weighted by Crippen LogP contribution is 2.45. The molecule has 0 saturated heterocycles. The van der Waals surface area contributed by atoms with Crippen LogP contribution in [0, 0.1) is 5.92 Å². The van der Waals surface area contributed by atoms with Gasteiger partial charge in [0.2, 0.25) is 0 Å². The maximum atomic E-state index is 12.3. The van der Waals surface area contributed by atoms with Crippen molar-refractivity contribution in [2.75, 3.05) is 0 Å². The average Bonchev–Trinajstić information content (AvgIpc) is 2.61. The van der Waals surface area contributed by atoms with Crippen LogP contribution in [0.3, 0.4) is 0 Å². The van der Waals surface area contributed by atoms with Gasteiger partial charge in [-0.05, 0) is 24.3 Å². The lowest BCUT2D eigenvalue weighted by molar-refractivity contribution is -0.698. The predicted octanol–water partition coefficient (Wildman–Crippen LogP) is 3.58. The van der Waals surface area contributed by atoms with E-state index in [0.29, 0.717) is 0 Å². The molecule has 0 radical (unpaired) electrons. The van der Waals surface area contributed by atoms with E-state index in [1.165, 1.54) is 0 Å². The Morgan fingerprint density at radius 3 is 2.48 bits per heavy atom. The lowest BCUT2D eigenvalue weighted by atomic mass is 9.61. The van der Waals surface area contributed by atoms with Crippen molar-refractivity contribution in [1.29, 1.82) is 0 Å². The molecule has 0 amide bonds. The first kappa shape index (κ1) is 15.7. The third kappa shape index (κ3) is 3.14. The van der Waals surface area contributed by atoms with E-state index < -0.39 is 11.4 Å². The largest absolute Gasteiger partial charge is 0.481 e. The Morgan fingerprint density at radius 1 is 1.09 bits per heavy atom. The molecule has 1 aliphatic carbocycles. The second kappa shape index (κ2) is 6.95. The second-order valence-electron chi connectivity index (χ2n) is 6.49. The van der Waals surface area contributed by atoms with Crippen molar-refractivity contribution < 1.29 is 14.5 Å². The summed E-state index contributed by atoms with van der Waals surface area (Å²) >= 11 is 0. The SMILES string of the molecule is O=C(O)C1(c2ccccc2)CCCCC1CC[n+]1ccccc1. The van der Waals surface area contributed by atoms with Crippen LogP contribution in [0.15, 0.2) is 60.9 Å². The van der Waals surface area contributed by atoms with E-state index in [0.717, 1.165) is 44.2 Å². The van der Waals surface area contributed by atoms with Crippen LogP contribution < -0.4 is 4.57 Å². The summed E-state index contributed by atoms with van der Waals surface area (Å²) in [5.41, 5.74) is 0.241. The molecule has 2 atom stereocenters. The molecule has 120 valence electrons. The van der Waals surface area contributed by atoms with E-state index in [1.807, 2.05) is 60.9 Å². The number of aliphatic carboxylic acids is 1. The molecule has 1 N–H and O–H groups in total. The zero-order chi connectivity index (χ0) is 16.1. The van der Waals surface area contributed by atoms with Gasteiger partial charge in [-0.15, -0.1) is 0 Å². The zero-order valence-electron chi connectivity index (χ0n) is 13.4. The number of hydrogen-bond donors (Lipinski definition) is 1. The number of aryl methyl sites for hydroxylation is 1. The first-order valence-corrected chi connectivity index (χ1v) is 8.46. The van der Waals surface area contributed by atoms with Crippen LogP contribution in [0.25, 0.3) is 0 Å². The monoisotopic (exact) mass is 310 g/mol. The molecule has 23 heavy (non-hydrogen) atoms. The number of carbonyl (C=O) groups is 1. The van der Waals surface area contributed by atoms with Gasteiger partial charge in [-0.2, -0.15) is 0 Å². The maximum Gasteiger partial charge on any atom is 0.314 e. The fourth-order valence-corrected chi connectivity index (χ4v) is 4.04. The fraction of sp³-hybridized carbons (Fsp3) is 0.400. The third-order valence-corrected chi connectivity index (χ3v) is 5.25. The number of nitrogens with zero attached hydrogens (tertiary/aromatic N) is 1. The van der Waals surface area contributed by atoms with Crippen molar-refractivity contribution >= 4 is 5.97 Å². The normalized spacial score (nSPS) is 24.3. The Balaban J connectivity index is 1.87. The number of pyridine rings is 1. The summed E-state index contributed by atoms with van der Waals surface area (Å²) in [6, 6.07) is 15.9. The highest BCUT2D eigenvalue weighted by atomic mass is 16.4. The first-order chi connectivity index (χ1) is 11.2. The molecule has 1 fully saturated rings. The van der Waals surface area contributed by atoms with E-state index in [4.69, 9.17) is 0 Å². The summed E-state index contributed by atoms with van der Waals surface area (Å²) in [5, 5.41) is 10.1. The van der Waals surface area contributed by atoms with Crippen molar-refractivity contribution in [2.45, 2.75) is 44.1 Å². The Morgan fingerprint density at radius 2 is 1.78 bits per heavy atom. The van der Waals surface area contributed by atoms with Gasteiger partial charge in [-0.25, -0.2) is 4.57 Å². The molecule has 0 bridgehead atoms. The number of aromatic nitrogens is 1. The highest BCUT2D eigenvalue weighted by Gasteiger charge is 2.48. The second-order valence-corrected chi connectivity index (χ2v) is 6.49. The molecule has 3 heteroatoms. The van der Waals surface area contributed by atoms with Crippen molar-refractivity contribution in [1.82, 2.24) is 0 Å². The Hall–Kier alpha value is -2.16. The maximum absolute atomic E-state index is 12.3. The van der Waals surface area contributed by atoms with Gasteiger partial charge in [0.05, 0.1) is 5.41 Å². The Bertz CT molecular complexity index is 641. The summed E-state index contributed by atoms with van der Waals surface area (Å²) in [4.78, 5) is 12.3. The van der Waals surface area contributed by atoms with Gasteiger partial charge in [0.25, 0.3) is 0 Å². The van der Waals surface area contributed by atoms with E-state index in [1.54, 1.807) is 0 Å². The number of benzene rings is 1. The summed E-state index contributed by atoms with van der Waals surface area (Å²) < 4.78 is 2.15. The Kier molecular flexibility index (Phi) is 4.75. The minimum atomic E-state index is -0.727. The smallest absolute Gasteiger partial charge is 0.314 e. The quantitative estimate of drug-likeness (QED) is 0.858. The van der Waals surface area contributed by atoms with Crippen LogP contribution in [0.5, 0.6) is 0 Å². The van der Waals surface area contributed by atoms with Gasteiger partial charge >= 0.3 is 5.97 Å². The summed E-state index contributed by atoms with van der Waals surface area (Å²) in [6.07, 6.45) is 8.87. The number of carboxylic acids is 1. The van der Waals surface area contributed by atoms with Gasteiger partial charge in [0, 0.05) is 18.6 Å². The zero-order valence-corrected chi connectivity index (χ0v) is 13.4. The summed E-state index contributed by atoms with van der Waals surface area (Å²) in [5.74, 6) is -0.477. The van der Waals surface area contributed by atoms with Crippen molar-refractivity contribution in [2.24, 2.45) is 5.92 Å². The molecule has 0 aliphatic heterocycles. The minimum absolute atomic E-state index is 0.184. The number of hydrogen-bond acceptors (Lipinski definition) is 1. The molecule has 1 heterocycles. The van der Waals surface area contributed by atoms with Gasteiger partial charge in [-0.1, -0.05) is 49.2 Å². The summed E-state index contributed by atoms with van der Waals surface area (Å²) in [7, 11) is 0. The van der Waals surface area contributed by atoms with Crippen LogP contribution in [0.4, 0.5) is 0 Å². The van der Waals surface area contributed by atoms with E-state index >= 15 is 0 Å². The molecule has 2 unspecified atom stereocenters. The molecule has 2 aromatic rings. The fourth-order valence-electron chi connectivity index (χ4n) is 4.04. The Labute approximate surface area is 137 Å². The van der Waals surface area contributed by atoms with Crippen LogP contribution in [0.2, 0.25) is 0 Å². The van der Waals surface area contributed by atoms with Crippen LogP contribution in [0.1, 0.15) is 37.7 Å². The van der Waals surface area contributed by atoms with Crippen LogP contribution in [-0.2, 0) is 16.8 Å². The summed E-state index contributed by atoms with van der Waals surface area (Å²) in [6.45, 7) is 0.868. The van der Waals surface area contributed by atoms with E-state index in [2.05, 4.69) is 4.57 Å². The highest BCUT2D eigenvalue weighted by molar-refractivity contribution is 5.82. The molecule has 1 aromatic heterocycles. The number of carboxylic acid groups (broad SMARTS) is 1. The minimum Gasteiger partial charge on any atom is -0.481 e. The molecule has 1 saturated carbocycles. The van der Waals surface area contributed by atoms with E-state index in [-0.39, 0.29) is 5.92 Å². The van der Waals surface area contributed by atoms with Gasteiger partial charge < -0.3 is 5.11 Å². The van der Waals surface area contributed by atoms with Crippen LogP contribution in [-0.4, -0.2) is 11.1 Å². The lowest BCUT2D eigenvalue weighted by Gasteiger charge is -2.41. The number of rotatable bonds is 5. The van der Waals surface area contributed by atoms with Crippen molar-refractivity contribution in [3.63, 3.8) is 0 Å². The van der Waals surface area contributed by atoms with Gasteiger partial charge in [0.15, 0.2) is 12.4 Å². The van der Waals surface area contributed by atoms with Crippen molar-refractivity contribution in [3.05, 3.63) is 66.5 Å². The van der Waals surface area contributed by atoms with Gasteiger partial charge in [0.1, 0.15) is 6.54 Å².